The van der Waals surface area contributed by atoms with E-state index in [1.54, 1.807) is 38.5 Å². The molecule has 0 atom stereocenters. The number of aromatic nitrogens is 2. The number of amides is 1. The van der Waals surface area contributed by atoms with E-state index in [9.17, 15) is 13.6 Å². The summed E-state index contributed by atoms with van der Waals surface area (Å²) in [6, 6.07) is 15.6. The van der Waals surface area contributed by atoms with Gasteiger partial charge in [-0.1, -0.05) is 18.2 Å². The number of halogens is 2. The third-order valence-corrected chi connectivity index (χ3v) is 5.88. The van der Waals surface area contributed by atoms with Gasteiger partial charge in [0.25, 0.3) is 5.91 Å². The molecular formula is C28H27F2N3O4. The van der Waals surface area contributed by atoms with E-state index in [0.717, 1.165) is 23.4 Å². The van der Waals surface area contributed by atoms with Crippen LogP contribution in [0, 0.1) is 25.5 Å². The van der Waals surface area contributed by atoms with Gasteiger partial charge in [-0.25, -0.2) is 8.78 Å². The second-order valence-electron chi connectivity index (χ2n) is 8.41. The van der Waals surface area contributed by atoms with Crippen molar-refractivity contribution >= 4 is 11.6 Å². The van der Waals surface area contributed by atoms with Gasteiger partial charge in [0, 0.05) is 11.6 Å². The summed E-state index contributed by atoms with van der Waals surface area (Å²) in [7, 11) is 3.17. The SMILES string of the molecule is COc1ccc(Cn2nc(C)c(NC(=O)c3cccc(COc4ccc(F)cc4F)c3)c2C)cc1OC. The smallest absolute Gasteiger partial charge is 0.255 e. The Kier molecular flexibility index (Phi) is 7.71. The maximum atomic E-state index is 13.8. The van der Waals surface area contributed by atoms with Gasteiger partial charge in [0.1, 0.15) is 12.4 Å². The van der Waals surface area contributed by atoms with E-state index < -0.39 is 11.6 Å². The van der Waals surface area contributed by atoms with Crippen LogP contribution in [0.2, 0.25) is 0 Å². The highest BCUT2D eigenvalue weighted by Crippen LogP contribution is 2.29. The number of carbonyl (C=O) groups is 1. The topological polar surface area (TPSA) is 74.6 Å². The zero-order valence-electron chi connectivity index (χ0n) is 21.0. The van der Waals surface area contributed by atoms with Crippen LogP contribution in [0.4, 0.5) is 14.5 Å². The zero-order chi connectivity index (χ0) is 26.5. The van der Waals surface area contributed by atoms with E-state index >= 15 is 0 Å². The van der Waals surface area contributed by atoms with Gasteiger partial charge >= 0.3 is 0 Å². The third-order valence-electron chi connectivity index (χ3n) is 5.88. The molecule has 192 valence electrons. The van der Waals surface area contributed by atoms with Gasteiger partial charge in [0.2, 0.25) is 0 Å². The third kappa shape index (κ3) is 5.88. The molecule has 0 saturated carbocycles. The summed E-state index contributed by atoms with van der Waals surface area (Å²) in [6.45, 7) is 4.22. The molecule has 1 aromatic heterocycles. The number of nitrogens with zero attached hydrogens (tertiary/aromatic N) is 2. The van der Waals surface area contributed by atoms with Gasteiger partial charge in [-0.3, -0.25) is 9.48 Å². The van der Waals surface area contributed by atoms with Gasteiger partial charge < -0.3 is 19.5 Å². The van der Waals surface area contributed by atoms with Crippen molar-refractivity contribution in [2.45, 2.75) is 27.0 Å². The molecule has 3 aromatic carbocycles. The van der Waals surface area contributed by atoms with Crippen LogP contribution in [0.1, 0.15) is 32.9 Å². The van der Waals surface area contributed by atoms with Crippen molar-refractivity contribution in [2.75, 3.05) is 19.5 Å². The van der Waals surface area contributed by atoms with Crippen LogP contribution < -0.4 is 19.5 Å². The summed E-state index contributed by atoms with van der Waals surface area (Å²) in [5.74, 6) is -0.578. The molecule has 9 heteroatoms. The standard InChI is InChI=1S/C28H27F2N3O4/c1-17-27(18(2)33(32-17)15-19-8-10-25(35-3)26(13-19)36-4)31-28(34)21-7-5-6-20(12-21)16-37-24-11-9-22(29)14-23(24)30/h5-14H,15-16H2,1-4H3,(H,31,34). The number of nitrogens with one attached hydrogen (secondary N) is 1. The maximum absolute atomic E-state index is 13.8. The lowest BCUT2D eigenvalue weighted by molar-refractivity contribution is 0.102. The molecule has 0 aliphatic carbocycles. The van der Waals surface area contributed by atoms with E-state index in [2.05, 4.69) is 10.4 Å². The van der Waals surface area contributed by atoms with Crippen LogP contribution in [0.15, 0.2) is 60.7 Å². The molecule has 0 radical (unpaired) electrons. The van der Waals surface area contributed by atoms with E-state index in [0.29, 0.717) is 40.6 Å². The largest absolute Gasteiger partial charge is 0.493 e. The number of benzene rings is 3. The van der Waals surface area contributed by atoms with Gasteiger partial charge in [0.15, 0.2) is 23.1 Å². The number of ether oxygens (including phenoxy) is 3. The van der Waals surface area contributed by atoms with Crippen LogP contribution in [-0.4, -0.2) is 29.9 Å². The summed E-state index contributed by atoms with van der Waals surface area (Å²) in [5.41, 5.74) is 4.14. The Morgan fingerprint density at radius 2 is 1.68 bits per heavy atom. The summed E-state index contributed by atoms with van der Waals surface area (Å²) in [5, 5.41) is 7.54. The van der Waals surface area contributed by atoms with Crippen LogP contribution in [0.25, 0.3) is 0 Å². The Balaban J connectivity index is 1.46. The van der Waals surface area contributed by atoms with Crippen molar-refractivity contribution < 1.29 is 27.8 Å². The molecule has 0 fully saturated rings. The second-order valence-corrected chi connectivity index (χ2v) is 8.41. The lowest BCUT2D eigenvalue weighted by atomic mass is 10.1. The fraction of sp³-hybridized carbons (Fsp3) is 0.214. The highest BCUT2D eigenvalue weighted by Gasteiger charge is 2.17. The average molecular weight is 508 g/mol. The first-order valence-corrected chi connectivity index (χ1v) is 11.5. The molecule has 1 N–H and O–H groups in total. The Morgan fingerprint density at radius 1 is 0.919 bits per heavy atom. The zero-order valence-corrected chi connectivity index (χ0v) is 21.0. The van der Waals surface area contributed by atoms with Crippen LogP contribution in [-0.2, 0) is 13.2 Å². The quantitative estimate of drug-likeness (QED) is 0.316. The predicted octanol–water partition coefficient (Wildman–Crippen LogP) is 5.67. The first kappa shape index (κ1) is 25.7. The van der Waals surface area contributed by atoms with Crippen LogP contribution in [0.5, 0.6) is 17.2 Å². The minimum Gasteiger partial charge on any atom is -0.493 e. The fourth-order valence-electron chi connectivity index (χ4n) is 3.93. The molecule has 0 unspecified atom stereocenters. The van der Waals surface area contributed by atoms with Crippen LogP contribution >= 0.6 is 0 Å². The van der Waals surface area contributed by atoms with Gasteiger partial charge in [0.05, 0.1) is 37.8 Å². The minimum absolute atomic E-state index is 0.0188. The fourth-order valence-corrected chi connectivity index (χ4v) is 3.93. The van der Waals surface area contributed by atoms with Crippen molar-refractivity contribution in [3.05, 3.63) is 100 Å². The lowest BCUT2D eigenvalue weighted by Crippen LogP contribution is -2.14. The molecule has 0 aliphatic rings. The normalized spacial score (nSPS) is 10.8. The first-order valence-electron chi connectivity index (χ1n) is 11.5. The Labute approximate surface area is 213 Å². The van der Waals surface area contributed by atoms with Crippen molar-refractivity contribution in [2.24, 2.45) is 0 Å². The summed E-state index contributed by atoms with van der Waals surface area (Å²) in [4.78, 5) is 13.0. The number of methoxy groups -OCH3 is 2. The van der Waals surface area contributed by atoms with E-state index in [-0.39, 0.29) is 18.3 Å². The number of aryl methyl sites for hydroxylation is 1. The van der Waals surface area contributed by atoms with Crippen LogP contribution in [0.3, 0.4) is 0 Å². The molecule has 1 amide bonds. The molecule has 7 nitrogen and oxygen atoms in total. The predicted molar refractivity (Wildman–Crippen MR) is 135 cm³/mol. The van der Waals surface area contributed by atoms with Crippen molar-refractivity contribution in [3.8, 4) is 17.2 Å². The second kappa shape index (κ2) is 11.1. The molecular weight excluding hydrogens is 480 g/mol. The highest BCUT2D eigenvalue weighted by molar-refractivity contribution is 6.05. The van der Waals surface area contributed by atoms with E-state index in [1.807, 2.05) is 36.7 Å². The number of hydrogen-bond donors (Lipinski definition) is 1. The molecule has 0 saturated heterocycles. The molecule has 1 heterocycles. The Hall–Kier alpha value is -4.40. The monoisotopic (exact) mass is 507 g/mol. The number of carbonyl (C=O) groups excluding carboxylic acids is 1. The number of rotatable bonds is 9. The Bertz CT molecular complexity index is 1440. The molecule has 0 bridgehead atoms. The highest BCUT2D eigenvalue weighted by atomic mass is 19.1. The molecule has 0 spiro atoms. The van der Waals surface area contributed by atoms with Crippen molar-refractivity contribution in [1.82, 2.24) is 9.78 Å². The number of anilines is 1. The van der Waals surface area contributed by atoms with Crippen molar-refractivity contribution in [1.29, 1.82) is 0 Å². The summed E-state index contributed by atoms with van der Waals surface area (Å²) in [6.07, 6.45) is 0. The van der Waals surface area contributed by atoms with E-state index in [4.69, 9.17) is 14.2 Å². The molecule has 4 aromatic rings. The summed E-state index contributed by atoms with van der Waals surface area (Å²) >= 11 is 0. The maximum Gasteiger partial charge on any atom is 0.255 e. The molecule has 37 heavy (non-hydrogen) atoms. The lowest BCUT2D eigenvalue weighted by Gasteiger charge is -2.11. The van der Waals surface area contributed by atoms with Gasteiger partial charge in [-0.2, -0.15) is 5.10 Å². The average Bonchev–Trinajstić information content (AvgIpc) is 3.15. The van der Waals surface area contributed by atoms with Crippen molar-refractivity contribution in [3.63, 3.8) is 0 Å². The first-order chi connectivity index (χ1) is 17.8. The van der Waals surface area contributed by atoms with E-state index in [1.165, 1.54) is 6.07 Å². The molecule has 4 rings (SSSR count). The van der Waals surface area contributed by atoms with Gasteiger partial charge in [-0.05, 0) is 61.4 Å². The molecule has 0 aliphatic heterocycles. The summed E-state index contributed by atoms with van der Waals surface area (Å²) < 4.78 is 44.9. The number of hydrogen-bond acceptors (Lipinski definition) is 5. The minimum atomic E-state index is -0.787. The van der Waals surface area contributed by atoms with Gasteiger partial charge in [-0.15, -0.1) is 0 Å². The Morgan fingerprint density at radius 3 is 2.41 bits per heavy atom.